The lowest BCUT2D eigenvalue weighted by atomic mass is 10.1. The van der Waals surface area contributed by atoms with Gasteiger partial charge in [-0.15, -0.1) is 0 Å². The van der Waals surface area contributed by atoms with E-state index in [4.69, 9.17) is 5.11 Å². The molecule has 1 aromatic rings. The normalized spacial score (nSPS) is 11.7. The highest BCUT2D eigenvalue weighted by molar-refractivity contribution is 5.92. The van der Waals surface area contributed by atoms with Crippen LogP contribution in [0.15, 0.2) is 30.3 Å². The topological polar surface area (TPSA) is 69.6 Å². The Labute approximate surface area is 113 Å². The summed E-state index contributed by atoms with van der Waals surface area (Å²) in [6.07, 6.45) is 0.493. The number of benzene rings is 1. The van der Waals surface area contributed by atoms with E-state index in [1.165, 1.54) is 0 Å². The van der Waals surface area contributed by atoms with E-state index in [2.05, 4.69) is 5.32 Å². The lowest BCUT2D eigenvalue weighted by Crippen LogP contribution is -2.43. The smallest absolute Gasteiger partial charge is 0.321 e. The van der Waals surface area contributed by atoms with Gasteiger partial charge in [0.15, 0.2) is 0 Å². The van der Waals surface area contributed by atoms with E-state index in [1.807, 2.05) is 37.3 Å². The number of nitrogens with one attached hydrogen (secondary N) is 1. The number of carbonyl (C=O) groups excluding carboxylic acids is 1. The van der Waals surface area contributed by atoms with Crippen molar-refractivity contribution in [1.29, 1.82) is 0 Å². The highest BCUT2D eigenvalue weighted by Gasteiger charge is 2.18. The minimum atomic E-state index is -0.884. The van der Waals surface area contributed by atoms with Crippen molar-refractivity contribution in [3.05, 3.63) is 30.3 Å². The molecule has 0 aliphatic rings. The van der Waals surface area contributed by atoms with E-state index >= 15 is 0 Å². The Morgan fingerprint density at radius 2 is 1.89 bits per heavy atom. The molecule has 19 heavy (non-hydrogen) atoms. The van der Waals surface area contributed by atoms with Gasteiger partial charge in [-0.1, -0.05) is 25.1 Å². The van der Waals surface area contributed by atoms with Crippen molar-refractivity contribution in [2.45, 2.75) is 20.3 Å². The van der Waals surface area contributed by atoms with Crippen LogP contribution < -0.4 is 10.2 Å². The van der Waals surface area contributed by atoms with Crippen molar-refractivity contribution < 1.29 is 14.7 Å². The Hall–Kier alpha value is -2.04. The average Bonchev–Trinajstić information content (AvgIpc) is 2.41. The maximum atomic E-state index is 12.0. The van der Waals surface area contributed by atoms with Gasteiger partial charge in [0.1, 0.15) is 0 Å². The molecule has 0 radical (unpaired) electrons. The Morgan fingerprint density at radius 3 is 2.37 bits per heavy atom. The fraction of sp³-hybridized carbons (Fsp3) is 0.429. The second kappa shape index (κ2) is 7.41. The van der Waals surface area contributed by atoms with E-state index < -0.39 is 11.9 Å². The fourth-order valence-corrected chi connectivity index (χ4v) is 1.76. The summed E-state index contributed by atoms with van der Waals surface area (Å²) in [6, 6.07) is 9.02. The molecule has 0 saturated carbocycles. The van der Waals surface area contributed by atoms with E-state index in [0.29, 0.717) is 13.0 Å². The molecule has 2 amide bonds. The molecule has 0 heterocycles. The van der Waals surface area contributed by atoms with Gasteiger partial charge >= 0.3 is 12.0 Å². The molecule has 5 heteroatoms. The molecular weight excluding hydrogens is 244 g/mol. The molecule has 1 unspecified atom stereocenters. The molecule has 0 aliphatic carbocycles. The van der Waals surface area contributed by atoms with Crippen molar-refractivity contribution in [2.75, 3.05) is 18.0 Å². The second-order valence-electron chi connectivity index (χ2n) is 4.21. The van der Waals surface area contributed by atoms with E-state index in [1.54, 1.807) is 11.8 Å². The molecule has 0 aliphatic heterocycles. The van der Waals surface area contributed by atoms with Gasteiger partial charge in [-0.2, -0.15) is 0 Å². The van der Waals surface area contributed by atoms with Gasteiger partial charge in [-0.25, -0.2) is 4.79 Å². The summed E-state index contributed by atoms with van der Waals surface area (Å²) < 4.78 is 0. The van der Waals surface area contributed by atoms with Crippen LogP contribution >= 0.6 is 0 Å². The molecule has 5 nitrogen and oxygen atoms in total. The lowest BCUT2D eigenvalue weighted by molar-refractivity contribution is -0.141. The van der Waals surface area contributed by atoms with Gasteiger partial charge in [-0.3, -0.25) is 9.69 Å². The molecule has 2 N–H and O–H groups in total. The van der Waals surface area contributed by atoms with Crippen LogP contribution in [0.4, 0.5) is 10.5 Å². The maximum absolute atomic E-state index is 12.0. The Morgan fingerprint density at radius 1 is 1.26 bits per heavy atom. The van der Waals surface area contributed by atoms with E-state index in [-0.39, 0.29) is 12.6 Å². The summed E-state index contributed by atoms with van der Waals surface area (Å²) >= 11 is 0. The first-order chi connectivity index (χ1) is 9.10. The Kier molecular flexibility index (Phi) is 5.85. The van der Waals surface area contributed by atoms with Gasteiger partial charge in [-0.05, 0) is 25.5 Å². The molecule has 0 aromatic heterocycles. The van der Waals surface area contributed by atoms with Gasteiger partial charge < -0.3 is 10.4 Å². The third kappa shape index (κ3) is 4.28. The molecule has 0 spiro atoms. The van der Waals surface area contributed by atoms with Gasteiger partial charge in [0.05, 0.1) is 5.92 Å². The Bertz CT molecular complexity index is 420. The van der Waals surface area contributed by atoms with Crippen molar-refractivity contribution in [3.63, 3.8) is 0 Å². The largest absolute Gasteiger partial charge is 0.481 e. The number of hydrogen-bond acceptors (Lipinski definition) is 2. The zero-order chi connectivity index (χ0) is 14.3. The summed E-state index contributed by atoms with van der Waals surface area (Å²) in [6.45, 7) is 4.34. The first-order valence-corrected chi connectivity index (χ1v) is 6.43. The number of rotatable bonds is 6. The quantitative estimate of drug-likeness (QED) is 0.828. The lowest BCUT2D eigenvalue weighted by Gasteiger charge is -2.22. The standard InChI is InChI=1S/C14H20N2O3/c1-3-11(13(17)18)10-15-14(19)16(4-2)12-8-6-5-7-9-12/h5-9,11H,3-4,10H2,1-2H3,(H,15,19)(H,17,18). The highest BCUT2D eigenvalue weighted by Crippen LogP contribution is 2.13. The van der Waals surface area contributed by atoms with Crippen molar-refractivity contribution in [2.24, 2.45) is 5.92 Å². The number of nitrogens with zero attached hydrogens (tertiary/aromatic N) is 1. The highest BCUT2D eigenvalue weighted by atomic mass is 16.4. The fourth-order valence-electron chi connectivity index (χ4n) is 1.76. The van der Waals surface area contributed by atoms with Crippen LogP contribution in [-0.2, 0) is 4.79 Å². The number of urea groups is 1. The van der Waals surface area contributed by atoms with Crippen LogP contribution in [0.25, 0.3) is 0 Å². The molecule has 1 atom stereocenters. The third-order valence-corrected chi connectivity index (χ3v) is 2.97. The van der Waals surface area contributed by atoms with Crippen LogP contribution in [0.1, 0.15) is 20.3 Å². The second-order valence-corrected chi connectivity index (χ2v) is 4.21. The number of carboxylic acids is 1. The predicted molar refractivity (Wildman–Crippen MR) is 74.3 cm³/mol. The summed E-state index contributed by atoms with van der Waals surface area (Å²) in [4.78, 5) is 24.5. The first-order valence-electron chi connectivity index (χ1n) is 6.43. The third-order valence-electron chi connectivity index (χ3n) is 2.97. The van der Waals surface area contributed by atoms with Crippen LogP contribution in [-0.4, -0.2) is 30.2 Å². The van der Waals surface area contributed by atoms with E-state index in [0.717, 1.165) is 5.69 Å². The zero-order valence-electron chi connectivity index (χ0n) is 11.3. The van der Waals surface area contributed by atoms with Gasteiger partial charge in [0.25, 0.3) is 0 Å². The predicted octanol–water partition coefficient (Wildman–Crippen LogP) is 2.33. The van der Waals surface area contributed by atoms with Gasteiger partial charge in [0.2, 0.25) is 0 Å². The average molecular weight is 264 g/mol. The SMILES string of the molecule is CCC(CNC(=O)N(CC)c1ccccc1)C(=O)O. The summed E-state index contributed by atoms with van der Waals surface area (Å²) in [5.41, 5.74) is 0.797. The minimum absolute atomic E-state index is 0.147. The van der Waals surface area contributed by atoms with Gasteiger partial charge in [0, 0.05) is 18.8 Å². The number of carboxylic acid groups (broad SMARTS) is 1. The number of aliphatic carboxylic acids is 1. The number of anilines is 1. The summed E-state index contributed by atoms with van der Waals surface area (Å²) in [5.74, 6) is -1.43. The molecule has 0 saturated heterocycles. The maximum Gasteiger partial charge on any atom is 0.321 e. The zero-order valence-corrected chi connectivity index (χ0v) is 11.3. The number of amides is 2. The molecule has 104 valence electrons. The Balaban J connectivity index is 2.63. The first kappa shape index (κ1) is 15.0. The number of hydrogen-bond donors (Lipinski definition) is 2. The summed E-state index contributed by atoms with van der Waals surface area (Å²) in [5, 5.41) is 11.6. The number of carbonyl (C=O) groups is 2. The van der Waals surface area contributed by atoms with Crippen LogP contribution in [0.5, 0.6) is 0 Å². The monoisotopic (exact) mass is 264 g/mol. The van der Waals surface area contributed by atoms with Crippen molar-refractivity contribution in [1.82, 2.24) is 5.32 Å². The summed E-state index contributed by atoms with van der Waals surface area (Å²) in [7, 11) is 0. The van der Waals surface area contributed by atoms with E-state index in [9.17, 15) is 9.59 Å². The van der Waals surface area contributed by atoms with Crippen LogP contribution in [0.3, 0.4) is 0 Å². The molecule has 0 fully saturated rings. The molecule has 0 bridgehead atoms. The van der Waals surface area contributed by atoms with Crippen molar-refractivity contribution >= 4 is 17.7 Å². The number of para-hydroxylation sites is 1. The minimum Gasteiger partial charge on any atom is -0.481 e. The molecular formula is C14H20N2O3. The molecule has 1 rings (SSSR count). The van der Waals surface area contributed by atoms with Crippen LogP contribution in [0, 0.1) is 5.92 Å². The van der Waals surface area contributed by atoms with Crippen LogP contribution in [0.2, 0.25) is 0 Å². The van der Waals surface area contributed by atoms with Crippen molar-refractivity contribution in [3.8, 4) is 0 Å². The molecule has 1 aromatic carbocycles.